The van der Waals surface area contributed by atoms with E-state index >= 15 is 0 Å². The van der Waals surface area contributed by atoms with Gasteiger partial charge in [0.2, 0.25) is 0 Å². The van der Waals surface area contributed by atoms with E-state index in [9.17, 15) is 0 Å². The van der Waals surface area contributed by atoms with E-state index in [0.717, 1.165) is 22.7 Å². The monoisotopic (exact) mass is 474 g/mol. The molecule has 0 aliphatic carbocycles. The number of hydrogen-bond donors (Lipinski definition) is 2. The van der Waals surface area contributed by atoms with Crippen molar-refractivity contribution in [2.45, 2.75) is 52.4 Å². The maximum atomic E-state index is 3.49. The van der Waals surface area contributed by atoms with Gasteiger partial charge in [-0.2, -0.15) is 0 Å². The lowest BCUT2D eigenvalue weighted by molar-refractivity contribution is 0.590. The quantitative estimate of drug-likeness (QED) is 0.272. The normalized spacial score (nSPS) is 12.1. The largest absolute Gasteiger partial charge is 0.356 e. The van der Waals surface area contributed by atoms with E-state index in [1.165, 1.54) is 22.3 Å². The number of rotatable bonds is 6. The third-order valence-electron chi connectivity index (χ3n) is 6.37. The van der Waals surface area contributed by atoms with Crippen LogP contribution in [0.1, 0.15) is 63.8 Å². The Labute approximate surface area is 217 Å². The molecule has 0 spiro atoms. The summed E-state index contributed by atoms with van der Waals surface area (Å²) >= 11 is 0. The number of nitrogens with one attached hydrogen (secondary N) is 2. The second kappa shape index (κ2) is 10.5. The van der Waals surface area contributed by atoms with Crippen molar-refractivity contribution >= 4 is 34.9 Å². The molecule has 0 unspecified atom stereocenters. The summed E-state index contributed by atoms with van der Waals surface area (Å²) in [6.45, 7) is 13.4. The van der Waals surface area contributed by atoms with E-state index in [-0.39, 0.29) is 10.8 Å². The van der Waals surface area contributed by atoms with E-state index in [4.69, 9.17) is 0 Å². The molecule has 2 nitrogen and oxygen atoms in total. The van der Waals surface area contributed by atoms with E-state index in [1.807, 2.05) is 0 Å². The summed E-state index contributed by atoms with van der Waals surface area (Å²) in [6, 6.07) is 34.4. The molecule has 2 heteroatoms. The van der Waals surface area contributed by atoms with Gasteiger partial charge in [0.05, 0.1) is 0 Å². The summed E-state index contributed by atoms with van der Waals surface area (Å²) in [5.74, 6) is 0. The Hall–Kier alpha value is -3.78. The van der Waals surface area contributed by atoms with Gasteiger partial charge < -0.3 is 10.6 Å². The predicted octanol–water partition coefficient (Wildman–Crippen LogP) is 9.94. The lowest BCUT2D eigenvalue weighted by Gasteiger charge is -2.19. The molecular formula is C34H38N2. The zero-order valence-electron chi connectivity index (χ0n) is 22.4. The Kier molecular flexibility index (Phi) is 7.35. The number of benzene rings is 4. The summed E-state index contributed by atoms with van der Waals surface area (Å²) in [5.41, 5.74) is 9.73. The molecule has 2 N–H and O–H groups in total. The molecule has 0 amide bonds. The third-order valence-corrected chi connectivity index (χ3v) is 6.37. The lowest BCUT2D eigenvalue weighted by Crippen LogP contribution is -2.10. The molecule has 184 valence electrons. The SMILES string of the molecule is CC(C)(C)c1ccc(Nc2ccc(/C=C/c3ccc(Nc4ccc(C(C)(C)C)cc4)cc3)cc2)cc1. The predicted molar refractivity (Wildman–Crippen MR) is 159 cm³/mol. The highest BCUT2D eigenvalue weighted by Crippen LogP contribution is 2.26. The Morgan fingerprint density at radius 3 is 0.889 bits per heavy atom. The van der Waals surface area contributed by atoms with Crippen molar-refractivity contribution in [2.75, 3.05) is 10.6 Å². The Morgan fingerprint density at radius 2 is 0.639 bits per heavy atom. The van der Waals surface area contributed by atoms with Gasteiger partial charge in [-0.1, -0.05) is 102 Å². The van der Waals surface area contributed by atoms with Crippen LogP contribution >= 0.6 is 0 Å². The molecular weight excluding hydrogens is 436 g/mol. The number of hydrogen-bond acceptors (Lipinski definition) is 2. The van der Waals surface area contributed by atoms with E-state index in [2.05, 4.69) is 161 Å². The fourth-order valence-electron chi connectivity index (χ4n) is 3.99. The van der Waals surface area contributed by atoms with Crippen LogP contribution in [0.15, 0.2) is 97.1 Å². The second-order valence-electron chi connectivity index (χ2n) is 11.5. The zero-order valence-corrected chi connectivity index (χ0v) is 22.4. The van der Waals surface area contributed by atoms with Crippen LogP contribution in [0.4, 0.5) is 22.7 Å². The summed E-state index contributed by atoms with van der Waals surface area (Å²) in [7, 11) is 0. The second-order valence-corrected chi connectivity index (χ2v) is 11.5. The van der Waals surface area contributed by atoms with Crippen molar-refractivity contribution in [3.05, 3.63) is 119 Å². The van der Waals surface area contributed by atoms with Crippen LogP contribution in [0.2, 0.25) is 0 Å². The van der Waals surface area contributed by atoms with E-state index in [1.54, 1.807) is 0 Å². The van der Waals surface area contributed by atoms with Crippen molar-refractivity contribution in [1.29, 1.82) is 0 Å². The topological polar surface area (TPSA) is 24.1 Å². The smallest absolute Gasteiger partial charge is 0.0384 e. The zero-order chi connectivity index (χ0) is 25.8. The van der Waals surface area contributed by atoms with Gasteiger partial charge in [0.1, 0.15) is 0 Å². The average Bonchev–Trinajstić information content (AvgIpc) is 2.84. The van der Waals surface area contributed by atoms with Crippen LogP contribution < -0.4 is 10.6 Å². The van der Waals surface area contributed by atoms with Gasteiger partial charge in [0.25, 0.3) is 0 Å². The molecule has 4 rings (SSSR count). The summed E-state index contributed by atoms with van der Waals surface area (Å²) in [4.78, 5) is 0. The fourth-order valence-corrected chi connectivity index (χ4v) is 3.99. The third kappa shape index (κ3) is 6.88. The van der Waals surface area contributed by atoms with Crippen molar-refractivity contribution in [2.24, 2.45) is 0 Å². The summed E-state index contributed by atoms with van der Waals surface area (Å²) < 4.78 is 0. The molecule has 0 aliphatic heterocycles. The molecule has 0 saturated carbocycles. The molecule has 0 atom stereocenters. The highest BCUT2D eigenvalue weighted by atomic mass is 14.9. The van der Waals surface area contributed by atoms with Crippen molar-refractivity contribution in [3.63, 3.8) is 0 Å². The van der Waals surface area contributed by atoms with Gasteiger partial charge in [-0.15, -0.1) is 0 Å². The minimum atomic E-state index is 0.168. The Morgan fingerprint density at radius 1 is 0.389 bits per heavy atom. The molecule has 0 fully saturated rings. The summed E-state index contributed by atoms with van der Waals surface area (Å²) in [5, 5.41) is 6.98. The minimum absolute atomic E-state index is 0.168. The van der Waals surface area contributed by atoms with Crippen LogP contribution in [0.5, 0.6) is 0 Å². The Bertz CT molecular complexity index is 1180. The maximum absolute atomic E-state index is 3.49. The lowest BCUT2D eigenvalue weighted by atomic mass is 9.87. The van der Waals surface area contributed by atoms with E-state index in [0.29, 0.717) is 0 Å². The van der Waals surface area contributed by atoms with Crippen molar-refractivity contribution in [1.82, 2.24) is 0 Å². The van der Waals surface area contributed by atoms with Gasteiger partial charge in [0.15, 0.2) is 0 Å². The molecule has 0 saturated heterocycles. The molecule has 0 radical (unpaired) electrons. The first-order chi connectivity index (χ1) is 17.1. The standard InChI is InChI=1S/C34H38N2/c1-33(2,3)27-13-21-31(22-14-27)35-29-17-9-25(10-18-29)7-8-26-11-19-30(20-12-26)36-32-23-15-28(16-24-32)34(4,5)6/h7-24,35-36H,1-6H3/b8-7+. The van der Waals surface area contributed by atoms with Gasteiger partial charge in [-0.05, 0) is 81.6 Å². The van der Waals surface area contributed by atoms with Gasteiger partial charge in [0, 0.05) is 22.7 Å². The van der Waals surface area contributed by atoms with Gasteiger partial charge >= 0.3 is 0 Å². The molecule has 4 aromatic carbocycles. The van der Waals surface area contributed by atoms with Crippen LogP contribution in [0.25, 0.3) is 12.2 Å². The van der Waals surface area contributed by atoms with E-state index < -0.39 is 0 Å². The number of anilines is 4. The van der Waals surface area contributed by atoms with Crippen molar-refractivity contribution < 1.29 is 0 Å². The van der Waals surface area contributed by atoms with Gasteiger partial charge in [-0.25, -0.2) is 0 Å². The molecule has 4 aromatic rings. The Balaban J connectivity index is 1.33. The fraction of sp³-hybridized carbons (Fsp3) is 0.235. The highest BCUT2D eigenvalue weighted by Gasteiger charge is 2.13. The minimum Gasteiger partial charge on any atom is -0.356 e. The van der Waals surface area contributed by atoms with Crippen LogP contribution in [0, 0.1) is 0 Å². The van der Waals surface area contributed by atoms with Crippen LogP contribution in [0.3, 0.4) is 0 Å². The van der Waals surface area contributed by atoms with Crippen LogP contribution in [-0.4, -0.2) is 0 Å². The first-order valence-electron chi connectivity index (χ1n) is 12.7. The molecule has 0 heterocycles. The molecule has 0 aromatic heterocycles. The average molecular weight is 475 g/mol. The maximum Gasteiger partial charge on any atom is 0.0384 e. The first-order valence-corrected chi connectivity index (χ1v) is 12.7. The summed E-state index contributed by atoms with van der Waals surface area (Å²) in [6.07, 6.45) is 4.30. The highest BCUT2D eigenvalue weighted by molar-refractivity contribution is 5.72. The first kappa shape index (κ1) is 25.3. The molecule has 0 bridgehead atoms. The van der Waals surface area contributed by atoms with Crippen LogP contribution in [-0.2, 0) is 10.8 Å². The van der Waals surface area contributed by atoms with Gasteiger partial charge in [-0.3, -0.25) is 0 Å². The molecule has 0 aliphatic rings. The van der Waals surface area contributed by atoms with Crippen molar-refractivity contribution in [3.8, 4) is 0 Å². The molecule has 36 heavy (non-hydrogen) atoms.